The highest BCUT2D eigenvalue weighted by molar-refractivity contribution is 5.78. The van der Waals surface area contributed by atoms with Gasteiger partial charge in [0.1, 0.15) is 11.6 Å². The van der Waals surface area contributed by atoms with Crippen LogP contribution in [0.2, 0.25) is 0 Å². The Morgan fingerprint density at radius 2 is 2.18 bits per heavy atom. The monoisotopic (exact) mass is 313 g/mol. The van der Waals surface area contributed by atoms with E-state index in [9.17, 15) is 18.4 Å². The molecule has 0 saturated carbocycles. The van der Waals surface area contributed by atoms with Crippen molar-refractivity contribution in [2.75, 3.05) is 13.7 Å². The van der Waals surface area contributed by atoms with Crippen LogP contribution in [0.3, 0.4) is 0 Å². The number of likely N-dealkylation sites (tertiary alicyclic amines) is 1. The smallest absolute Gasteiger partial charge is 0.407 e. The summed E-state index contributed by atoms with van der Waals surface area (Å²) in [7, 11) is 1.18. The van der Waals surface area contributed by atoms with E-state index in [2.05, 4.69) is 0 Å². The topological polar surface area (TPSA) is 66.8 Å². The largest absolute Gasteiger partial charge is 0.469 e. The zero-order chi connectivity index (χ0) is 16.3. The fourth-order valence-electron chi connectivity index (χ4n) is 2.88. The Balaban J connectivity index is 2.27. The van der Waals surface area contributed by atoms with Crippen LogP contribution in [0.5, 0.6) is 0 Å². The van der Waals surface area contributed by atoms with E-state index in [4.69, 9.17) is 9.84 Å². The molecule has 1 aromatic carbocycles. The number of hydrogen-bond acceptors (Lipinski definition) is 3. The predicted octanol–water partition coefficient (Wildman–Crippen LogP) is 2.75. The van der Waals surface area contributed by atoms with E-state index < -0.39 is 29.6 Å². The Kier molecular flexibility index (Phi) is 4.95. The molecule has 0 aromatic heterocycles. The molecule has 1 aliphatic heterocycles. The molecule has 0 aliphatic carbocycles. The summed E-state index contributed by atoms with van der Waals surface area (Å²) >= 11 is 0. The van der Waals surface area contributed by atoms with Crippen molar-refractivity contribution in [2.24, 2.45) is 0 Å². The Morgan fingerprint density at radius 1 is 1.45 bits per heavy atom. The molecule has 22 heavy (non-hydrogen) atoms. The summed E-state index contributed by atoms with van der Waals surface area (Å²) in [4.78, 5) is 24.4. The molecule has 120 valence electrons. The molecule has 0 spiro atoms. The van der Waals surface area contributed by atoms with Crippen LogP contribution in [0.15, 0.2) is 18.2 Å². The average Bonchev–Trinajstić information content (AvgIpc) is 2.93. The van der Waals surface area contributed by atoms with Crippen LogP contribution in [0.1, 0.15) is 30.7 Å². The first-order chi connectivity index (χ1) is 10.4. The summed E-state index contributed by atoms with van der Waals surface area (Å²) in [5.74, 6) is -3.20. The third-order valence-corrected chi connectivity index (χ3v) is 3.95. The van der Waals surface area contributed by atoms with Gasteiger partial charge in [-0.05, 0) is 25.3 Å². The lowest BCUT2D eigenvalue weighted by Crippen LogP contribution is -2.36. The number of halogens is 2. The summed E-state index contributed by atoms with van der Waals surface area (Å²) < 4.78 is 31.7. The number of carboxylic acid groups (broad SMARTS) is 1. The van der Waals surface area contributed by atoms with Gasteiger partial charge in [-0.1, -0.05) is 6.07 Å². The first-order valence-corrected chi connectivity index (χ1v) is 6.96. The van der Waals surface area contributed by atoms with Gasteiger partial charge in [-0.3, -0.25) is 4.79 Å². The standard InChI is InChI=1S/C15H17F2NO4/c1-22-14(19)12(11-5-4-9(16)7-13(11)17)8-10-3-2-6-18(10)15(20)21/h4-5,7,10,12H,2-3,6,8H2,1H3,(H,20,21). The molecular formula is C15H17F2NO4. The molecule has 7 heteroatoms. The van der Waals surface area contributed by atoms with Crippen LogP contribution in [0, 0.1) is 11.6 Å². The molecular weight excluding hydrogens is 296 g/mol. The molecule has 1 N–H and O–H groups in total. The van der Waals surface area contributed by atoms with Gasteiger partial charge < -0.3 is 14.7 Å². The number of methoxy groups -OCH3 is 1. The highest BCUT2D eigenvalue weighted by Gasteiger charge is 2.35. The summed E-state index contributed by atoms with van der Waals surface area (Å²) in [6, 6.07) is 2.59. The van der Waals surface area contributed by atoms with Crippen molar-refractivity contribution in [3.8, 4) is 0 Å². The van der Waals surface area contributed by atoms with Gasteiger partial charge in [0.25, 0.3) is 0 Å². The fourth-order valence-corrected chi connectivity index (χ4v) is 2.88. The molecule has 1 fully saturated rings. The normalized spacial score (nSPS) is 19.0. The third kappa shape index (κ3) is 3.35. The quantitative estimate of drug-likeness (QED) is 0.868. The van der Waals surface area contributed by atoms with E-state index in [1.54, 1.807) is 0 Å². The maximum atomic E-state index is 13.9. The molecule has 1 heterocycles. The van der Waals surface area contributed by atoms with Crippen LogP contribution in [-0.4, -0.2) is 41.8 Å². The van der Waals surface area contributed by atoms with Crippen LogP contribution in [-0.2, 0) is 9.53 Å². The second-order valence-corrected chi connectivity index (χ2v) is 5.25. The van der Waals surface area contributed by atoms with Crippen molar-refractivity contribution in [2.45, 2.75) is 31.2 Å². The van der Waals surface area contributed by atoms with Crippen molar-refractivity contribution >= 4 is 12.1 Å². The summed E-state index contributed by atoms with van der Waals surface area (Å²) in [6.07, 6.45) is 0.339. The van der Waals surface area contributed by atoms with Gasteiger partial charge in [0, 0.05) is 24.2 Å². The predicted molar refractivity (Wildman–Crippen MR) is 73.5 cm³/mol. The Labute approximate surface area is 126 Å². The SMILES string of the molecule is COC(=O)C(CC1CCCN1C(=O)O)c1ccc(F)cc1F. The lowest BCUT2D eigenvalue weighted by atomic mass is 9.90. The number of hydrogen-bond donors (Lipinski definition) is 1. The van der Waals surface area contributed by atoms with Crippen LogP contribution in [0.25, 0.3) is 0 Å². The minimum Gasteiger partial charge on any atom is -0.469 e. The van der Waals surface area contributed by atoms with Crippen LogP contribution < -0.4 is 0 Å². The first-order valence-electron chi connectivity index (χ1n) is 6.96. The van der Waals surface area contributed by atoms with Crippen molar-refractivity contribution in [3.05, 3.63) is 35.4 Å². The average molecular weight is 313 g/mol. The van der Waals surface area contributed by atoms with E-state index in [0.717, 1.165) is 6.07 Å². The second-order valence-electron chi connectivity index (χ2n) is 5.25. The lowest BCUT2D eigenvalue weighted by Gasteiger charge is -2.25. The lowest BCUT2D eigenvalue weighted by molar-refractivity contribution is -0.143. The van der Waals surface area contributed by atoms with Crippen molar-refractivity contribution < 1.29 is 28.2 Å². The van der Waals surface area contributed by atoms with Gasteiger partial charge in [0.2, 0.25) is 0 Å². The molecule has 5 nitrogen and oxygen atoms in total. The van der Waals surface area contributed by atoms with Crippen molar-refractivity contribution in [3.63, 3.8) is 0 Å². The molecule has 0 bridgehead atoms. The summed E-state index contributed by atoms with van der Waals surface area (Å²) in [5.41, 5.74) is 0.0190. The van der Waals surface area contributed by atoms with Gasteiger partial charge in [-0.25, -0.2) is 13.6 Å². The Morgan fingerprint density at radius 3 is 2.77 bits per heavy atom. The Hall–Kier alpha value is -2.18. The molecule has 2 rings (SSSR count). The summed E-state index contributed by atoms with van der Waals surface area (Å²) in [6.45, 7) is 0.389. The van der Waals surface area contributed by atoms with E-state index >= 15 is 0 Å². The van der Waals surface area contributed by atoms with Gasteiger partial charge in [-0.2, -0.15) is 0 Å². The van der Waals surface area contributed by atoms with Crippen LogP contribution >= 0.6 is 0 Å². The molecule has 1 aliphatic rings. The number of amides is 1. The van der Waals surface area contributed by atoms with E-state index in [0.29, 0.717) is 25.5 Å². The zero-order valence-electron chi connectivity index (χ0n) is 12.1. The maximum absolute atomic E-state index is 13.9. The number of rotatable bonds is 4. The van der Waals surface area contributed by atoms with Gasteiger partial charge in [0.15, 0.2) is 0 Å². The van der Waals surface area contributed by atoms with Gasteiger partial charge in [-0.15, -0.1) is 0 Å². The minimum absolute atomic E-state index is 0.0190. The number of carbonyl (C=O) groups excluding carboxylic acids is 1. The van der Waals surface area contributed by atoms with Gasteiger partial charge >= 0.3 is 12.1 Å². The molecule has 1 amide bonds. The Bertz CT molecular complexity index is 579. The van der Waals surface area contributed by atoms with Crippen LogP contribution in [0.4, 0.5) is 13.6 Å². The summed E-state index contributed by atoms with van der Waals surface area (Å²) in [5, 5.41) is 9.14. The number of nitrogens with zero attached hydrogens (tertiary/aromatic N) is 1. The maximum Gasteiger partial charge on any atom is 0.407 e. The molecule has 2 atom stereocenters. The highest BCUT2D eigenvalue weighted by Crippen LogP contribution is 2.31. The minimum atomic E-state index is -1.06. The van der Waals surface area contributed by atoms with E-state index in [-0.39, 0.29) is 18.0 Å². The van der Waals surface area contributed by atoms with Gasteiger partial charge in [0.05, 0.1) is 13.0 Å². The third-order valence-electron chi connectivity index (χ3n) is 3.95. The number of esters is 1. The highest BCUT2D eigenvalue weighted by atomic mass is 19.1. The molecule has 1 saturated heterocycles. The number of carbonyl (C=O) groups is 2. The molecule has 0 radical (unpaired) electrons. The van der Waals surface area contributed by atoms with Crippen molar-refractivity contribution in [1.29, 1.82) is 0 Å². The molecule has 1 aromatic rings. The number of ether oxygens (including phenoxy) is 1. The molecule has 2 unspecified atom stereocenters. The van der Waals surface area contributed by atoms with E-state index in [1.807, 2.05) is 0 Å². The van der Waals surface area contributed by atoms with Crippen molar-refractivity contribution in [1.82, 2.24) is 4.90 Å². The first kappa shape index (κ1) is 16.2. The zero-order valence-corrected chi connectivity index (χ0v) is 12.1. The second kappa shape index (κ2) is 6.72. The van der Waals surface area contributed by atoms with E-state index in [1.165, 1.54) is 18.1 Å². The fraction of sp³-hybridized carbons (Fsp3) is 0.467. The number of benzene rings is 1.